The molecule has 0 heterocycles. The van der Waals surface area contributed by atoms with Crippen molar-refractivity contribution in [2.75, 3.05) is 18.1 Å². The molecule has 1 unspecified atom stereocenters. The summed E-state index contributed by atoms with van der Waals surface area (Å²) in [6.07, 6.45) is 36.7. The molecule has 0 aliphatic rings. The molecule has 3 N–H and O–H groups in total. The standard InChI is InChI=1S/C40H77NO5S/c1-4-7-9-11-13-15-17-19-21-23-25-27-29-31-36(6-3)45-33-37(34-47-35-38(41)40(43)44)46-39(42)32-30-28-26-24-22-20-18-16-14-12-10-8-5-2/h6,37-38H,4-5,7-35,41H2,1-3H3,(H,43,44)/t37?,38-/m0/s1. The number of ether oxygens (including phenoxy) is 2. The van der Waals surface area contributed by atoms with E-state index in [1.54, 1.807) is 0 Å². The number of carboxylic acid groups (broad SMARTS) is 1. The summed E-state index contributed by atoms with van der Waals surface area (Å²) in [6, 6.07) is -0.926. The molecular formula is C40H77NO5S. The molecule has 0 aromatic carbocycles. The Morgan fingerprint density at radius 1 is 0.617 bits per heavy atom. The molecule has 2 atom stereocenters. The Kier molecular flexibility index (Phi) is 35.2. The first-order valence-electron chi connectivity index (χ1n) is 20.0. The molecule has 0 radical (unpaired) electrons. The molecular weight excluding hydrogens is 607 g/mol. The van der Waals surface area contributed by atoms with Crippen molar-refractivity contribution in [2.45, 2.75) is 213 Å². The van der Waals surface area contributed by atoms with E-state index in [9.17, 15) is 9.59 Å². The van der Waals surface area contributed by atoms with Crippen LogP contribution in [0.3, 0.4) is 0 Å². The molecule has 7 heteroatoms. The molecule has 0 amide bonds. The van der Waals surface area contributed by atoms with Gasteiger partial charge in [-0.15, -0.1) is 0 Å². The predicted molar refractivity (Wildman–Crippen MR) is 203 cm³/mol. The minimum Gasteiger partial charge on any atom is -0.494 e. The highest BCUT2D eigenvalue weighted by Crippen LogP contribution is 2.18. The van der Waals surface area contributed by atoms with E-state index in [1.165, 1.54) is 159 Å². The van der Waals surface area contributed by atoms with Gasteiger partial charge in [0, 0.05) is 24.3 Å². The lowest BCUT2D eigenvalue weighted by Crippen LogP contribution is -2.33. The van der Waals surface area contributed by atoms with Gasteiger partial charge in [0.15, 0.2) is 0 Å². The maximum atomic E-state index is 12.7. The zero-order chi connectivity index (χ0) is 34.6. The highest BCUT2D eigenvalue weighted by atomic mass is 32.2. The Hall–Kier alpha value is -1.21. The highest BCUT2D eigenvalue weighted by Gasteiger charge is 2.18. The normalized spacial score (nSPS) is 13.1. The number of aliphatic carboxylic acids is 1. The van der Waals surface area contributed by atoms with Crippen molar-refractivity contribution >= 4 is 23.7 Å². The number of carbonyl (C=O) groups is 2. The van der Waals surface area contributed by atoms with E-state index in [4.69, 9.17) is 20.3 Å². The number of thioether (sulfide) groups is 1. The van der Waals surface area contributed by atoms with Gasteiger partial charge in [0.25, 0.3) is 0 Å². The number of carboxylic acids is 1. The molecule has 47 heavy (non-hydrogen) atoms. The second-order valence-electron chi connectivity index (χ2n) is 13.6. The summed E-state index contributed by atoms with van der Waals surface area (Å²) < 4.78 is 11.9. The van der Waals surface area contributed by atoms with Gasteiger partial charge in [-0.25, -0.2) is 0 Å². The lowest BCUT2D eigenvalue weighted by molar-refractivity contribution is -0.150. The number of esters is 1. The number of hydrogen-bond acceptors (Lipinski definition) is 6. The number of hydrogen-bond donors (Lipinski definition) is 2. The van der Waals surface area contributed by atoms with Crippen LogP contribution in [0.15, 0.2) is 11.8 Å². The fourth-order valence-electron chi connectivity index (χ4n) is 5.86. The van der Waals surface area contributed by atoms with E-state index in [1.807, 2.05) is 13.0 Å². The van der Waals surface area contributed by atoms with E-state index >= 15 is 0 Å². The molecule has 0 fully saturated rings. The van der Waals surface area contributed by atoms with Gasteiger partial charge in [-0.3, -0.25) is 9.59 Å². The maximum absolute atomic E-state index is 12.7. The molecule has 6 nitrogen and oxygen atoms in total. The van der Waals surface area contributed by atoms with Gasteiger partial charge < -0.3 is 20.3 Å². The third-order valence-corrected chi connectivity index (χ3v) is 10.2. The van der Waals surface area contributed by atoms with Crippen LogP contribution in [0.5, 0.6) is 0 Å². The second-order valence-corrected chi connectivity index (χ2v) is 14.7. The minimum atomic E-state index is -1.02. The average molecular weight is 684 g/mol. The summed E-state index contributed by atoms with van der Waals surface area (Å²) in [6.45, 7) is 6.82. The van der Waals surface area contributed by atoms with E-state index < -0.39 is 18.1 Å². The molecule has 0 spiro atoms. The van der Waals surface area contributed by atoms with Crippen LogP contribution in [0, 0.1) is 0 Å². The van der Waals surface area contributed by atoms with Crippen molar-refractivity contribution in [3.05, 3.63) is 11.8 Å². The third-order valence-electron chi connectivity index (χ3n) is 9.00. The van der Waals surface area contributed by atoms with Crippen molar-refractivity contribution in [1.82, 2.24) is 0 Å². The second kappa shape index (κ2) is 36.1. The van der Waals surface area contributed by atoms with Crippen LogP contribution in [0.25, 0.3) is 0 Å². The first kappa shape index (κ1) is 45.8. The van der Waals surface area contributed by atoms with E-state index in [-0.39, 0.29) is 18.3 Å². The summed E-state index contributed by atoms with van der Waals surface area (Å²) in [5.41, 5.74) is 5.68. The van der Waals surface area contributed by atoms with Crippen LogP contribution < -0.4 is 5.73 Å². The molecule has 0 bridgehead atoms. The first-order chi connectivity index (χ1) is 22.9. The summed E-state index contributed by atoms with van der Waals surface area (Å²) in [5, 5.41) is 9.11. The Bertz CT molecular complexity index is 731. The van der Waals surface area contributed by atoms with Crippen molar-refractivity contribution in [3.63, 3.8) is 0 Å². The van der Waals surface area contributed by atoms with Crippen molar-refractivity contribution < 1.29 is 24.2 Å². The highest BCUT2D eigenvalue weighted by molar-refractivity contribution is 7.99. The van der Waals surface area contributed by atoms with Gasteiger partial charge in [0.05, 0.1) is 5.76 Å². The quantitative estimate of drug-likeness (QED) is 0.0382. The summed E-state index contributed by atoms with van der Waals surface area (Å²) >= 11 is 1.40. The Morgan fingerprint density at radius 2 is 1.00 bits per heavy atom. The Balaban J connectivity index is 4.19. The van der Waals surface area contributed by atoms with Crippen LogP contribution in [0.2, 0.25) is 0 Å². The third kappa shape index (κ3) is 33.1. The number of unbranched alkanes of at least 4 members (excludes halogenated alkanes) is 24. The van der Waals surface area contributed by atoms with Gasteiger partial charge in [-0.05, 0) is 25.8 Å². The SMILES string of the molecule is CC=C(CCCCCCCCCCCCCCC)OCC(CSC[C@H](N)C(=O)O)OC(=O)CCCCCCCCCCCCCCC. The van der Waals surface area contributed by atoms with Crippen LogP contribution in [0.1, 0.15) is 201 Å². The van der Waals surface area contributed by atoms with Crippen LogP contribution in [-0.4, -0.2) is 47.3 Å². The van der Waals surface area contributed by atoms with Gasteiger partial charge in [-0.1, -0.05) is 168 Å². The monoisotopic (exact) mass is 684 g/mol. The molecule has 0 aliphatic heterocycles. The van der Waals surface area contributed by atoms with E-state index in [2.05, 4.69) is 13.8 Å². The van der Waals surface area contributed by atoms with Gasteiger partial charge >= 0.3 is 11.9 Å². The molecule has 0 aliphatic carbocycles. The Morgan fingerprint density at radius 3 is 1.38 bits per heavy atom. The van der Waals surface area contributed by atoms with Crippen LogP contribution >= 0.6 is 11.8 Å². The molecule has 0 rings (SSSR count). The minimum absolute atomic E-state index is 0.191. The molecule has 0 saturated heterocycles. The molecule has 0 aromatic rings. The molecule has 0 saturated carbocycles. The van der Waals surface area contributed by atoms with Gasteiger partial charge in [0.2, 0.25) is 0 Å². The number of carbonyl (C=O) groups excluding carboxylic acids is 1. The van der Waals surface area contributed by atoms with Crippen LogP contribution in [0.4, 0.5) is 0 Å². The predicted octanol–water partition coefficient (Wildman–Crippen LogP) is 11.9. The Labute approximate surface area is 295 Å². The summed E-state index contributed by atoms with van der Waals surface area (Å²) in [5.74, 6) is 0.485. The fourth-order valence-corrected chi connectivity index (χ4v) is 6.82. The van der Waals surface area contributed by atoms with E-state index in [0.29, 0.717) is 12.2 Å². The van der Waals surface area contributed by atoms with Crippen molar-refractivity contribution in [1.29, 1.82) is 0 Å². The zero-order valence-corrected chi connectivity index (χ0v) is 32.0. The summed E-state index contributed by atoms with van der Waals surface area (Å²) in [7, 11) is 0. The smallest absolute Gasteiger partial charge is 0.321 e. The van der Waals surface area contributed by atoms with Gasteiger partial charge in [0.1, 0.15) is 18.8 Å². The number of nitrogens with two attached hydrogens (primary N) is 1. The summed E-state index contributed by atoms with van der Waals surface area (Å²) in [4.78, 5) is 23.8. The lowest BCUT2D eigenvalue weighted by atomic mass is 10.0. The fraction of sp³-hybridized carbons (Fsp3) is 0.900. The average Bonchev–Trinajstić information content (AvgIpc) is 3.06. The number of allylic oxidation sites excluding steroid dienone is 2. The van der Waals surface area contributed by atoms with Crippen molar-refractivity contribution in [3.8, 4) is 0 Å². The van der Waals surface area contributed by atoms with Gasteiger partial charge in [-0.2, -0.15) is 11.8 Å². The molecule has 278 valence electrons. The van der Waals surface area contributed by atoms with Crippen molar-refractivity contribution in [2.24, 2.45) is 5.73 Å². The zero-order valence-electron chi connectivity index (χ0n) is 31.2. The molecule has 0 aromatic heterocycles. The maximum Gasteiger partial charge on any atom is 0.321 e. The largest absolute Gasteiger partial charge is 0.494 e. The number of rotatable bonds is 37. The van der Waals surface area contributed by atoms with Crippen LogP contribution in [-0.2, 0) is 19.1 Å². The topological polar surface area (TPSA) is 98.8 Å². The first-order valence-corrected chi connectivity index (χ1v) is 21.1. The van der Waals surface area contributed by atoms with E-state index in [0.717, 1.165) is 31.4 Å². The lowest BCUT2D eigenvalue weighted by Gasteiger charge is -2.20.